The maximum Gasteiger partial charge on any atom is 0.102 e. The monoisotopic (exact) mass is 411 g/mol. The van der Waals surface area contributed by atoms with Crippen LogP contribution in [0.4, 0.5) is 0 Å². The first-order chi connectivity index (χ1) is 6.24. The van der Waals surface area contributed by atoms with Gasteiger partial charge in [0.05, 0.1) is 13.1 Å². The lowest BCUT2D eigenvalue weighted by Crippen LogP contribution is -1.73. The molecule has 1 aromatic carbocycles. The first-order valence-corrected chi connectivity index (χ1v) is 6.48. The van der Waals surface area contributed by atoms with Crippen molar-refractivity contribution in [2.75, 3.05) is 0 Å². The van der Waals surface area contributed by atoms with Gasteiger partial charge in [-0.1, -0.05) is 12.1 Å². The Hall–Kier alpha value is 0.130. The summed E-state index contributed by atoms with van der Waals surface area (Å²) in [7, 11) is 0. The van der Waals surface area contributed by atoms with Gasteiger partial charge in [-0.25, -0.2) is 0 Å². The van der Waals surface area contributed by atoms with Gasteiger partial charge >= 0.3 is 0 Å². The van der Waals surface area contributed by atoms with Gasteiger partial charge in [-0.3, -0.25) is 0 Å². The van der Waals surface area contributed by atoms with E-state index in [1.807, 2.05) is 12.1 Å². The third-order valence-corrected chi connectivity index (χ3v) is 5.23. The Balaban J connectivity index is 2.96. The van der Waals surface area contributed by atoms with E-state index in [2.05, 4.69) is 57.3 Å². The maximum atomic E-state index is 8.95. The van der Waals surface area contributed by atoms with Crippen LogP contribution in [0.3, 0.4) is 0 Å². The minimum Gasteiger partial charge on any atom is -0.192 e. The van der Waals surface area contributed by atoms with Crippen molar-refractivity contribution in [3.8, 4) is 6.07 Å². The van der Waals surface area contributed by atoms with E-state index in [-0.39, 0.29) is 0 Å². The predicted octanol–water partition coefficient (Wildman–Crippen LogP) is 3.98. The fourth-order valence-electron chi connectivity index (χ4n) is 1.16. The molecule has 0 radical (unpaired) electrons. The zero-order valence-corrected chi connectivity index (χ0v) is 11.5. The van der Waals surface area contributed by atoms with Gasteiger partial charge in [-0.2, -0.15) is 5.26 Å². The quantitative estimate of drug-likeness (QED) is 0.602. The number of rotatable bonds is 0. The standard InChI is InChI=1S/C9H3I2NS/c10-7-3-1-2-5-6(4-12)9(11)13-8(5)7/h1-3H. The summed E-state index contributed by atoms with van der Waals surface area (Å²) in [5, 5.41) is 10.0. The summed E-state index contributed by atoms with van der Waals surface area (Å²) >= 11 is 6.21. The third kappa shape index (κ3) is 1.57. The second kappa shape index (κ2) is 3.71. The summed E-state index contributed by atoms with van der Waals surface area (Å²) in [5.74, 6) is 0. The molecule has 0 unspecified atom stereocenters. The molecule has 2 aromatic rings. The number of hydrogen-bond acceptors (Lipinski definition) is 2. The lowest BCUT2D eigenvalue weighted by atomic mass is 10.2. The van der Waals surface area contributed by atoms with Gasteiger partial charge in [0.2, 0.25) is 0 Å². The maximum absolute atomic E-state index is 8.95. The lowest BCUT2D eigenvalue weighted by molar-refractivity contribution is 1.51. The van der Waals surface area contributed by atoms with Crippen LogP contribution in [-0.4, -0.2) is 0 Å². The molecule has 0 fully saturated rings. The lowest BCUT2D eigenvalue weighted by Gasteiger charge is -1.91. The molecule has 0 spiro atoms. The molecule has 0 aliphatic heterocycles. The Morgan fingerprint density at radius 3 is 2.77 bits per heavy atom. The Kier molecular flexibility index (Phi) is 2.76. The van der Waals surface area contributed by atoms with Crippen LogP contribution in [0.1, 0.15) is 5.56 Å². The molecule has 0 aliphatic rings. The fraction of sp³-hybridized carbons (Fsp3) is 0. The Bertz CT molecular complexity index is 510. The molecule has 0 aliphatic carbocycles. The van der Waals surface area contributed by atoms with Crippen LogP contribution in [0.5, 0.6) is 0 Å². The number of fused-ring (bicyclic) bond motifs is 1. The summed E-state index contributed by atoms with van der Waals surface area (Å²) in [6.45, 7) is 0. The van der Waals surface area contributed by atoms with Crippen LogP contribution in [0.2, 0.25) is 0 Å². The molecule has 64 valence electrons. The van der Waals surface area contributed by atoms with Crippen LogP contribution < -0.4 is 0 Å². The number of halogens is 2. The second-order valence-corrected chi connectivity index (χ2v) is 6.47. The average Bonchev–Trinajstić information content (AvgIpc) is 2.43. The molecule has 13 heavy (non-hydrogen) atoms. The largest absolute Gasteiger partial charge is 0.192 e. The minimum atomic E-state index is 0.819. The van der Waals surface area contributed by atoms with Crippen LogP contribution in [0.25, 0.3) is 10.1 Å². The molecule has 2 rings (SSSR count). The number of hydrogen-bond donors (Lipinski definition) is 0. The van der Waals surface area contributed by atoms with E-state index in [0.717, 1.165) is 13.8 Å². The van der Waals surface area contributed by atoms with Crippen LogP contribution >= 0.6 is 56.5 Å². The molecule has 0 saturated carbocycles. The van der Waals surface area contributed by atoms with Gasteiger partial charge in [0.1, 0.15) is 6.07 Å². The highest BCUT2D eigenvalue weighted by Gasteiger charge is 2.10. The van der Waals surface area contributed by atoms with E-state index in [1.54, 1.807) is 11.3 Å². The van der Waals surface area contributed by atoms with E-state index < -0.39 is 0 Å². The van der Waals surface area contributed by atoms with E-state index >= 15 is 0 Å². The second-order valence-electron chi connectivity index (χ2n) is 2.48. The summed E-state index contributed by atoms with van der Waals surface area (Å²) in [6, 6.07) is 8.31. The number of benzene rings is 1. The van der Waals surface area contributed by atoms with Gasteiger partial charge in [0, 0.05) is 8.96 Å². The smallest absolute Gasteiger partial charge is 0.102 e. The Morgan fingerprint density at radius 1 is 1.31 bits per heavy atom. The highest BCUT2D eigenvalue weighted by Crippen LogP contribution is 2.34. The molecule has 0 amide bonds. The van der Waals surface area contributed by atoms with Gasteiger partial charge in [-0.05, 0) is 51.2 Å². The molecule has 0 N–H and O–H groups in total. The van der Waals surface area contributed by atoms with E-state index in [9.17, 15) is 0 Å². The van der Waals surface area contributed by atoms with E-state index in [1.165, 1.54) is 8.27 Å². The van der Waals surface area contributed by atoms with Crippen molar-refractivity contribution in [1.82, 2.24) is 0 Å². The highest BCUT2D eigenvalue weighted by molar-refractivity contribution is 14.1. The fourth-order valence-corrected chi connectivity index (χ4v) is 3.94. The van der Waals surface area contributed by atoms with Gasteiger partial charge in [0.25, 0.3) is 0 Å². The normalized spacial score (nSPS) is 10.2. The van der Waals surface area contributed by atoms with Crippen LogP contribution in [-0.2, 0) is 0 Å². The zero-order valence-electron chi connectivity index (χ0n) is 6.34. The molecular formula is C9H3I2NS. The molecule has 1 heterocycles. The topological polar surface area (TPSA) is 23.8 Å². The van der Waals surface area contributed by atoms with Crippen molar-refractivity contribution in [2.24, 2.45) is 0 Å². The molecular weight excluding hydrogens is 408 g/mol. The van der Waals surface area contributed by atoms with Crippen molar-refractivity contribution in [1.29, 1.82) is 5.26 Å². The van der Waals surface area contributed by atoms with Crippen LogP contribution in [0, 0.1) is 17.8 Å². The molecule has 0 atom stereocenters. The first-order valence-electron chi connectivity index (χ1n) is 3.50. The molecule has 1 nitrogen and oxygen atoms in total. The molecule has 0 saturated heterocycles. The minimum absolute atomic E-state index is 0.819. The highest BCUT2D eigenvalue weighted by atomic mass is 127. The molecule has 1 aromatic heterocycles. The summed E-state index contributed by atoms with van der Waals surface area (Å²) in [4.78, 5) is 0. The predicted molar refractivity (Wildman–Crippen MR) is 72.0 cm³/mol. The van der Waals surface area contributed by atoms with Crippen molar-refractivity contribution in [3.05, 3.63) is 30.2 Å². The van der Waals surface area contributed by atoms with Gasteiger partial charge in [-0.15, -0.1) is 11.3 Å². The van der Waals surface area contributed by atoms with Crippen molar-refractivity contribution >= 4 is 66.6 Å². The summed E-state index contributed by atoms with van der Waals surface area (Å²) in [5.41, 5.74) is 0.819. The zero-order chi connectivity index (χ0) is 9.42. The molecule has 4 heteroatoms. The SMILES string of the molecule is N#Cc1c(I)sc2c(I)cccc12. The van der Waals surface area contributed by atoms with Crippen molar-refractivity contribution < 1.29 is 0 Å². The van der Waals surface area contributed by atoms with Gasteiger partial charge in [0.15, 0.2) is 0 Å². The average molecular weight is 411 g/mol. The van der Waals surface area contributed by atoms with Crippen molar-refractivity contribution in [3.63, 3.8) is 0 Å². The number of nitriles is 1. The van der Waals surface area contributed by atoms with E-state index in [4.69, 9.17) is 5.26 Å². The Morgan fingerprint density at radius 2 is 2.08 bits per heavy atom. The van der Waals surface area contributed by atoms with Crippen molar-refractivity contribution in [2.45, 2.75) is 0 Å². The Labute approximate surface area is 107 Å². The third-order valence-electron chi connectivity index (χ3n) is 1.74. The summed E-state index contributed by atoms with van der Waals surface area (Å²) < 4.78 is 3.53. The number of thiophene rings is 1. The van der Waals surface area contributed by atoms with Gasteiger partial charge < -0.3 is 0 Å². The van der Waals surface area contributed by atoms with Crippen LogP contribution in [0.15, 0.2) is 18.2 Å². The van der Waals surface area contributed by atoms with E-state index in [0.29, 0.717) is 0 Å². The first kappa shape index (κ1) is 9.68. The number of nitrogens with zero attached hydrogens (tertiary/aromatic N) is 1. The summed E-state index contributed by atoms with van der Waals surface area (Å²) in [6.07, 6.45) is 0. The molecule has 0 bridgehead atoms.